The molecular formula is C13H24N2O3. The maximum absolute atomic E-state index is 12.0. The lowest BCUT2D eigenvalue weighted by atomic mass is 9.76. The summed E-state index contributed by atoms with van der Waals surface area (Å²) in [6.45, 7) is 4.39. The molecule has 1 aliphatic carbocycles. The molecule has 3 N–H and O–H groups in total. The van der Waals surface area contributed by atoms with E-state index in [2.05, 4.69) is 10.6 Å². The number of aliphatic carboxylic acids is 1. The van der Waals surface area contributed by atoms with Gasteiger partial charge in [-0.05, 0) is 25.8 Å². The zero-order valence-corrected chi connectivity index (χ0v) is 11.5. The van der Waals surface area contributed by atoms with Crippen LogP contribution in [-0.2, 0) is 9.59 Å². The largest absolute Gasteiger partial charge is 0.480 e. The molecule has 3 atom stereocenters. The van der Waals surface area contributed by atoms with E-state index in [0.29, 0.717) is 25.3 Å². The minimum atomic E-state index is -1.06. The Morgan fingerprint density at radius 1 is 1.50 bits per heavy atom. The Balaban J connectivity index is 2.74. The molecule has 0 spiro atoms. The Morgan fingerprint density at radius 2 is 2.17 bits per heavy atom. The van der Waals surface area contributed by atoms with Crippen LogP contribution < -0.4 is 10.6 Å². The van der Waals surface area contributed by atoms with E-state index in [0.717, 1.165) is 12.8 Å². The molecule has 0 aromatic carbocycles. The van der Waals surface area contributed by atoms with Crippen LogP contribution in [-0.4, -0.2) is 36.1 Å². The first-order chi connectivity index (χ1) is 8.41. The summed E-state index contributed by atoms with van der Waals surface area (Å²) < 4.78 is 0. The molecule has 5 heteroatoms. The van der Waals surface area contributed by atoms with Gasteiger partial charge in [0.05, 0.1) is 0 Å². The summed E-state index contributed by atoms with van der Waals surface area (Å²) in [5.74, 6) is -0.960. The molecule has 0 aromatic rings. The third-order valence-electron chi connectivity index (χ3n) is 3.73. The van der Waals surface area contributed by atoms with Crippen molar-refractivity contribution in [3.8, 4) is 0 Å². The predicted molar refractivity (Wildman–Crippen MR) is 69.2 cm³/mol. The first-order valence-electron chi connectivity index (χ1n) is 6.61. The van der Waals surface area contributed by atoms with Gasteiger partial charge in [-0.15, -0.1) is 0 Å². The van der Waals surface area contributed by atoms with Crippen molar-refractivity contribution in [3.63, 3.8) is 0 Å². The molecule has 5 nitrogen and oxygen atoms in total. The summed E-state index contributed by atoms with van der Waals surface area (Å²) in [5.41, 5.74) is -1.06. The van der Waals surface area contributed by atoms with Crippen LogP contribution in [0.25, 0.3) is 0 Å². The van der Waals surface area contributed by atoms with E-state index in [4.69, 9.17) is 0 Å². The van der Waals surface area contributed by atoms with E-state index in [9.17, 15) is 14.7 Å². The van der Waals surface area contributed by atoms with Crippen LogP contribution in [0.1, 0.15) is 39.5 Å². The van der Waals surface area contributed by atoms with E-state index in [1.165, 1.54) is 0 Å². The van der Waals surface area contributed by atoms with E-state index < -0.39 is 11.5 Å². The van der Waals surface area contributed by atoms with Crippen LogP contribution in [0.3, 0.4) is 0 Å². The number of nitrogens with one attached hydrogen (secondary N) is 2. The first kappa shape index (κ1) is 15.0. The van der Waals surface area contributed by atoms with Gasteiger partial charge in [-0.25, -0.2) is 4.79 Å². The van der Waals surface area contributed by atoms with Gasteiger partial charge < -0.3 is 15.7 Å². The highest BCUT2D eigenvalue weighted by Crippen LogP contribution is 2.32. The lowest BCUT2D eigenvalue weighted by Crippen LogP contribution is -2.58. The fourth-order valence-electron chi connectivity index (χ4n) is 2.67. The van der Waals surface area contributed by atoms with Crippen LogP contribution in [0.2, 0.25) is 0 Å². The third-order valence-corrected chi connectivity index (χ3v) is 3.73. The highest BCUT2D eigenvalue weighted by molar-refractivity contribution is 5.88. The molecule has 1 rings (SSSR count). The van der Waals surface area contributed by atoms with Gasteiger partial charge in [-0.1, -0.05) is 26.7 Å². The fourth-order valence-corrected chi connectivity index (χ4v) is 2.67. The molecule has 1 saturated carbocycles. The Morgan fingerprint density at radius 3 is 2.67 bits per heavy atom. The molecule has 0 radical (unpaired) electrons. The van der Waals surface area contributed by atoms with E-state index in [-0.39, 0.29) is 11.8 Å². The number of carbonyl (C=O) groups excluding carboxylic acids is 1. The number of carboxylic acid groups (broad SMARTS) is 1. The zero-order chi connectivity index (χ0) is 13.8. The minimum absolute atomic E-state index is 0.180. The molecule has 0 bridgehead atoms. The van der Waals surface area contributed by atoms with Crippen LogP contribution in [0.15, 0.2) is 0 Å². The maximum Gasteiger partial charge on any atom is 0.329 e. The number of carbonyl (C=O) groups is 2. The molecule has 104 valence electrons. The average Bonchev–Trinajstić information content (AvgIpc) is 2.29. The second kappa shape index (κ2) is 6.18. The lowest BCUT2D eigenvalue weighted by molar-refractivity contribution is -0.150. The average molecular weight is 256 g/mol. The number of rotatable bonds is 5. The number of hydrogen-bond donors (Lipinski definition) is 3. The minimum Gasteiger partial charge on any atom is -0.480 e. The van der Waals surface area contributed by atoms with Crippen molar-refractivity contribution in [2.24, 2.45) is 11.8 Å². The van der Waals surface area contributed by atoms with Crippen LogP contribution >= 0.6 is 0 Å². The van der Waals surface area contributed by atoms with Crippen molar-refractivity contribution in [1.82, 2.24) is 10.6 Å². The molecule has 3 unspecified atom stereocenters. The van der Waals surface area contributed by atoms with Gasteiger partial charge in [0, 0.05) is 12.5 Å². The number of amides is 1. The summed E-state index contributed by atoms with van der Waals surface area (Å²) >= 11 is 0. The topological polar surface area (TPSA) is 78.4 Å². The smallest absolute Gasteiger partial charge is 0.329 e. The molecule has 0 heterocycles. The third kappa shape index (κ3) is 3.45. The van der Waals surface area contributed by atoms with Crippen molar-refractivity contribution >= 4 is 11.9 Å². The monoisotopic (exact) mass is 256 g/mol. The second-order valence-electron chi connectivity index (χ2n) is 5.54. The lowest BCUT2D eigenvalue weighted by Gasteiger charge is -2.37. The highest BCUT2D eigenvalue weighted by Gasteiger charge is 2.43. The van der Waals surface area contributed by atoms with E-state index in [1.807, 2.05) is 6.92 Å². The van der Waals surface area contributed by atoms with E-state index >= 15 is 0 Å². The van der Waals surface area contributed by atoms with Crippen LogP contribution in [0, 0.1) is 11.8 Å². The number of hydrogen-bond acceptors (Lipinski definition) is 3. The Labute approximate surface area is 108 Å². The summed E-state index contributed by atoms with van der Waals surface area (Å²) in [5, 5.41) is 15.1. The molecule has 0 aliphatic heterocycles. The van der Waals surface area contributed by atoms with Crippen molar-refractivity contribution in [3.05, 3.63) is 0 Å². The molecular weight excluding hydrogens is 232 g/mol. The standard InChI is InChI=1S/C13H24N2O3/c1-9-5-4-6-13(7-9,12(17)18)15-11(16)10(2)8-14-3/h9-10,14H,4-8H2,1-3H3,(H,15,16)(H,17,18). The highest BCUT2D eigenvalue weighted by atomic mass is 16.4. The molecule has 18 heavy (non-hydrogen) atoms. The molecule has 1 amide bonds. The van der Waals surface area contributed by atoms with Crippen LogP contribution in [0.5, 0.6) is 0 Å². The SMILES string of the molecule is CNCC(C)C(=O)NC1(C(=O)O)CCCC(C)C1. The molecule has 1 aliphatic rings. The van der Waals surface area contributed by atoms with Crippen molar-refractivity contribution < 1.29 is 14.7 Å². The molecule has 0 saturated heterocycles. The van der Waals surface area contributed by atoms with Gasteiger partial charge in [0.2, 0.25) is 5.91 Å². The van der Waals surface area contributed by atoms with Gasteiger partial charge in [-0.3, -0.25) is 4.79 Å². The van der Waals surface area contributed by atoms with Crippen molar-refractivity contribution in [2.75, 3.05) is 13.6 Å². The normalized spacial score (nSPS) is 29.6. The van der Waals surface area contributed by atoms with E-state index in [1.54, 1.807) is 14.0 Å². The van der Waals surface area contributed by atoms with Gasteiger partial charge in [0.1, 0.15) is 5.54 Å². The van der Waals surface area contributed by atoms with Crippen molar-refractivity contribution in [1.29, 1.82) is 0 Å². The van der Waals surface area contributed by atoms with Gasteiger partial charge in [-0.2, -0.15) is 0 Å². The molecule has 0 aromatic heterocycles. The molecule has 1 fully saturated rings. The summed E-state index contributed by atoms with van der Waals surface area (Å²) in [7, 11) is 1.78. The van der Waals surface area contributed by atoms with Gasteiger partial charge in [0.25, 0.3) is 0 Å². The summed E-state index contributed by atoms with van der Waals surface area (Å²) in [4.78, 5) is 23.5. The second-order valence-corrected chi connectivity index (χ2v) is 5.54. The predicted octanol–water partition coefficient (Wildman–Crippen LogP) is 0.992. The zero-order valence-electron chi connectivity index (χ0n) is 11.5. The Kier molecular flexibility index (Phi) is 5.14. The van der Waals surface area contributed by atoms with Crippen molar-refractivity contribution in [2.45, 2.75) is 45.1 Å². The quantitative estimate of drug-likeness (QED) is 0.685. The number of carboxylic acids is 1. The van der Waals surface area contributed by atoms with Gasteiger partial charge in [0.15, 0.2) is 0 Å². The van der Waals surface area contributed by atoms with Gasteiger partial charge >= 0.3 is 5.97 Å². The maximum atomic E-state index is 12.0. The summed E-state index contributed by atoms with van der Waals surface area (Å²) in [6.07, 6.45) is 2.95. The fraction of sp³-hybridized carbons (Fsp3) is 0.846. The first-order valence-corrected chi connectivity index (χ1v) is 6.61. The Bertz CT molecular complexity index is 319. The summed E-state index contributed by atoms with van der Waals surface area (Å²) in [6, 6.07) is 0. The van der Waals surface area contributed by atoms with Crippen LogP contribution in [0.4, 0.5) is 0 Å². The Hall–Kier alpha value is -1.10.